The Bertz CT molecular complexity index is 730. The Hall–Kier alpha value is -2.15. The third-order valence-electron chi connectivity index (χ3n) is 3.87. The Morgan fingerprint density at radius 3 is 2.67 bits per heavy atom. The van der Waals surface area contributed by atoms with Gasteiger partial charge in [-0.25, -0.2) is 0 Å². The summed E-state index contributed by atoms with van der Waals surface area (Å²) < 4.78 is 0. The zero-order valence-electron chi connectivity index (χ0n) is 10.0. The summed E-state index contributed by atoms with van der Waals surface area (Å²) in [6.07, 6.45) is 2.96. The van der Waals surface area contributed by atoms with E-state index >= 15 is 0 Å². The largest absolute Gasteiger partial charge is 0.261 e. The minimum atomic E-state index is 0.540. The van der Waals surface area contributed by atoms with E-state index in [1.165, 1.54) is 27.6 Å². The molecule has 3 aromatic rings. The van der Waals surface area contributed by atoms with Crippen molar-refractivity contribution >= 4 is 10.8 Å². The Morgan fingerprint density at radius 2 is 1.78 bits per heavy atom. The Morgan fingerprint density at radius 1 is 0.889 bits per heavy atom. The molecule has 18 heavy (non-hydrogen) atoms. The molecule has 0 fully saturated rings. The fourth-order valence-electron chi connectivity index (χ4n) is 2.83. The monoisotopic (exact) mass is 231 g/mol. The van der Waals surface area contributed by atoms with E-state index in [0.717, 1.165) is 6.42 Å². The number of nitrogens with zero attached hydrogens (tertiary/aromatic N) is 1. The maximum absolute atomic E-state index is 4.40. The number of fused-ring (bicyclic) bond motifs is 2. The van der Waals surface area contributed by atoms with E-state index < -0.39 is 0 Å². The first-order valence-electron chi connectivity index (χ1n) is 6.34. The maximum atomic E-state index is 4.40. The predicted octanol–water partition coefficient (Wildman–Crippen LogP) is 3.92. The standard InChI is InChI=1S/C17H13N/c1-2-5-13-10-14(8-7-12(13)4-1)16-11-17-15(16)6-3-9-18-17/h1-10,16H,11H2. The van der Waals surface area contributed by atoms with Crippen molar-refractivity contribution in [1.29, 1.82) is 0 Å². The lowest BCUT2D eigenvalue weighted by Gasteiger charge is -2.29. The number of rotatable bonds is 1. The van der Waals surface area contributed by atoms with Gasteiger partial charge in [0, 0.05) is 24.2 Å². The van der Waals surface area contributed by atoms with Gasteiger partial charge in [0.1, 0.15) is 0 Å². The van der Waals surface area contributed by atoms with Crippen LogP contribution in [0.25, 0.3) is 10.8 Å². The highest BCUT2D eigenvalue weighted by Crippen LogP contribution is 2.39. The smallest absolute Gasteiger partial charge is 0.0451 e. The Kier molecular flexibility index (Phi) is 2.01. The zero-order valence-corrected chi connectivity index (χ0v) is 10.0. The second-order valence-electron chi connectivity index (χ2n) is 4.90. The average Bonchev–Trinajstić information content (AvgIpc) is 2.40. The highest BCUT2D eigenvalue weighted by atomic mass is 14.7. The van der Waals surface area contributed by atoms with E-state index in [2.05, 4.69) is 53.5 Å². The van der Waals surface area contributed by atoms with Gasteiger partial charge in [-0.3, -0.25) is 4.98 Å². The minimum absolute atomic E-state index is 0.540. The number of benzene rings is 2. The maximum Gasteiger partial charge on any atom is 0.0451 e. The van der Waals surface area contributed by atoms with E-state index in [1.54, 1.807) is 0 Å². The Balaban J connectivity index is 1.81. The van der Waals surface area contributed by atoms with E-state index in [-0.39, 0.29) is 0 Å². The predicted molar refractivity (Wildman–Crippen MR) is 73.7 cm³/mol. The van der Waals surface area contributed by atoms with Gasteiger partial charge in [-0.05, 0) is 28.0 Å². The van der Waals surface area contributed by atoms with Gasteiger partial charge in [0.05, 0.1) is 0 Å². The lowest BCUT2D eigenvalue weighted by Crippen LogP contribution is -2.19. The topological polar surface area (TPSA) is 12.9 Å². The zero-order chi connectivity index (χ0) is 11.9. The third-order valence-corrected chi connectivity index (χ3v) is 3.87. The van der Waals surface area contributed by atoms with Gasteiger partial charge in [0.15, 0.2) is 0 Å². The fraction of sp³-hybridized carbons (Fsp3) is 0.118. The van der Waals surface area contributed by atoms with Crippen molar-refractivity contribution in [2.24, 2.45) is 0 Å². The summed E-state index contributed by atoms with van der Waals surface area (Å²) in [6, 6.07) is 19.6. The van der Waals surface area contributed by atoms with Crippen LogP contribution in [0.5, 0.6) is 0 Å². The number of pyridine rings is 1. The average molecular weight is 231 g/mol. The first kappa shape index (κ1) is 9.84. The van der Waals surface area contributed by atoms with Gasteiger partial charge in [-0.15, -0.1) is 0 Å². The second kappa shape index (κ2) is 3.67. The first-order valence-corrected chi connectivity index (χ1v) is 6.34. The molecule has 0 N–H and O–H groups in total. The molecule has 0 aliphatic heterocycles. The molecule has 0 saturated heterocycles. The van der Waals surface area contributed by atoms with E-state index in [4.69, 9.17) is 0 Å². The molecule has 1 nitrogen and oxygen atoms in total. The molecule has 0 spiro atoms. The van der Waals surface area contributed by atoms with E-state index in [0.29, 0.717) is 5.92 Å². The molecule has 1 aromatic heterocycles. The molecule has 1 heterocycles. The normalized spacial score (nSPS) is 17.2. The molecule has 0 saturated carbocycles. The summed E-state index contributed by atoms with van der Waals surface area (Å²) in [5, 5.41) is 2.64. The van der Waals surface area contributed by atoms with Crippen LogP contribution in [0, 0.1) is 0 Å². The summed E-state index contributed by atoms with van der Waals surface area (Å²) >= 11 is 0. The van der Waals surface area contributed by atoms with Crippen molar-refractivity contribution in [3.63, 3.8) is 0 Å². The summed E-state index contributed by atoms with van der Waals surface area (Å²) in [4.78, 5) is 4.40. The highest BCUT2D eigenvalue weighted by molar-refractivity contribution is 5.83. The lowest BCUT2D eigenvalue weighted by molar-refractivity contribution is 0.677. The molecule has 1 heteroatoms. The molecule has 0 radical (unpaired) electrons. The van der Waals surface area contributed by atoms with Crippen LogP contribution >= 0.6 is 0 Å². The molecule has 1 unspecified atom stereocenters. The first-order chi connectivity index (χ1) is 8.92. The SMILES string of the molecule is c1cnc2c(c1)C(c1ccc3ccccc3c1)C2. The van der Waals surface area contributed by atoms with Crippen LogP contribution < -0.4 is 0 Å². The summed E-state index contributed by atoms with van der Waals surface area (Å²) in [6.45, 7) is 0. The van der Waals surface area contributed by atoms with Crippen LogP contribution in [0.1, 0.15) is 22.7 Å². The van der Waals surface area contributed by atoms with E-state index in [9.17, 15) is 0 Å². The Labute approximate surface area is 106 Å². The van der Waals surface area contributed by atoms with Gasteiger partial charge < -0.3 is 0 Å². The van der Waals surface area contributed by atoms with Gasteiger partial charge in [0.2, 0.25) is 0 Å². The van der Waals surface area contributed by atoms with Crippen LogP contribution in [-0.2, 0) is 6.42 Å². The number of hydrogen-bond donors (Lipinski definition) is 0. The van der Waals surface area contributed by atoms with E-state index in [1.807, 2.05) is 12.3 Å². The molecule has 1 aliphatic rings. The van der Waals surface area contributed by atoms with Crippen LogP contribution in [0.15, 0.2) is 60.8 Å². The summed E-state index contributed by atoms with van der Waals surface area (Å²) in [5.41, 5.74) is 4.07. The van der Waals surface area contributed by atoms with Crippen molar-refractivity contribution < 1.29 is 0 Å². The minimum Gasteiger partial charge on any atom is -0.261 e. The molecule has 0 bridgehead atoms. The van der Waals surface area contributed by atoms with Crippen molar-refractivity contribution in [3.05, 3.63) is 77.6 Å². The molecular formula is C17H13N. The lowest BCUT2D eigenvalue weighted by atomic mass is 9.76. The van der Waals surface area contributed by atoms with Crippen molar-refractivity contribution in [1.82, 2.24) is 4.98 Å². The van der Waals surface area contributed by atoms with Gasteiger partial charge in [-0.1, -0.05) is 48.5 Å². The second-order valence-corrected chi connectivity index (χ2v) is 4.90. The summed E-state index contributed by atoms with van der Waals surface area (Å²) in [5.74, 6) is 0.540. The molecular weight excluding hydrogens is 218 g/mol. The fourth-order valence-corrected chi connectivity index (χ4v) is 2.83. The number of aromatic nitrogens is 1. The van der Waals surface area contributed by atoms with Crippen LogP contribution in [0.3, 0.4) is 0 Å². The molecule has 0 amide bonds. The van der Waals surface area contributed by atoms with Gasteiger partial charge in [-0.2, -0.15) is 0 Å². The third kappa shape index (κ3) is 1.37. The summed E-state index contributed by atoms with van der Waals surface area (Å²) in [7, 11) is 0. The molecule has 86 valence electrons. The van der Waals surface area contributed by atoms with Crippen molar-refractivity contribution in [2.45, 2.75) is 12.3 Å². The highest BCUT2D eigenvalue weighted by Gasteiger charge is 2.28. The van der Waals surface area contributed by atoms with Crippen molar-refractivity contribution in [3.8, 4) is 0 Å². The van der Waals surface area contributed by atoms with Gasteiger partial charge >= 0.3 is 0 Å². The molecule has 1 aliphatic carbocycles. The molecule has 1 atom stereocenters. The van der Waals surface area contributed by atoms with Crippen LogP contribution in [0.2, 0.25) is 0 Å². The van der Waals surface area contributed by atoms with Crippen molar-refractivity contribution in [2.75, 3.05) is 0 Å². The molecule has 2 aromatic carbocycles. The quantitative estimate of drug-likeness (QED) is 0.618. The van der Waals surface area contributed by atoms with Crippen LogP contribution in [-0.4, -0.2) is 4.98 Å². The van der Waals surface area contributed by atoms with Gasteiger partial charge in [0.25, 0.3) is 0 Å². The van der Waals surface area contributed by atoms with Crippen LogP contribution in [0.4, 0.5) is 0 Å². The number of hydrogen-bond acceptors (Lipinski definition) is 1. The molecule has 4 rings (SSSR count).